The number of hydrogen-bond acceptors (Lipinski definition) is 10. The summed E-state index contributed by atoms with van der Waals surface area (Å²) in [7, 11) is 0. The molecule has 4 rings (SSSR count). The number of nitrogens with zero attached hydrogens (tertiary/aromatic N) is 4. The van der Waals surface area contributed by atoms with Gasteiger partial charge in [0, 0.05) is 23.5 Å². The van der Waals surface area contributed by atoms with Crippen LogP contribution in [0.4, 0.5) is 0 Å². The number of rotatable bonds is 14. The molecule has 0 fully saturated rings. The van der Waals surface area contributed by atoms with Crippen LogP contribution < -0.4 is 9.47 Å². The maximum atomic E-state index is 12.1. The fourth-order valence-corrected chi connectivity index (χ4v) is 3.76. The summed E-state index contributed by atoms with van der Waals surface area (Å²) in [5.41, 5.74) is 4.03. The number of carbonyl (C=O) groups excluding carboxylic acids is 2. The molecule has 218 valence electrons. The lowest BCUT2D eigenvalue weighted by molar-refractivity contribution is -0.167. The highest BCUT2D eigenvalue weighted by Crippen LogP contribution is 2.16. The van der Waals surface area contributed by atoms with E-state index in [0.29, 0.717) is 47.3 Å². The van der Waals surface area contributed by atoms with E-state index in [0.717, 1.165) is 37.1 Å². The highest BCUT2D eigenvalue weighted by molar-refractivity contribution is 6.29. The monoisotopic (exact) mass is 572 g/mol. The van der Waals surface area contributed by atoms with Crippen LogP contribution in [-0.4, -0.2) is 56.5 Å². The minimum atomic E-state index is -1.30. The van der Waals surface area contributed by atoms with Gasteiger partial charge in [-0.05, 0) is 63.8 Å². The largest absolute Gasteiger partial charge is 0.494 e. The summed E-state index contributed by atoms with van der Waals surface area (Å²) in [5, 5.41) is 7.53. The molecule has 0 aliphatic heterocycles. The van der Waals surface area contributed by atoms with E-state index in [1.54, 1.807) is 62.9 Å². The zero-order valence-electron chi connectivity index (χ0n) is 23.4. The van der Waals surface area contributed by atoms with Crippen LogP contribution in [0, 0.1) is 0 Å². The van der Waals surface area contributed by atoms with Crippen molar-refractivity contribution in [3.05, 3.63) is 96.1 Å². The first-order chi connectivity index (χ1) is 20.5. The number of hydrogen-bond donors (Lipinski definition) is 2. The van der Waals surface area contributed by atoms with E-state index in [1.165, 1.54) is 0 Å². The van der Waals surface area contributed by atoms with Crippen LogP contribution in [0.1, 0.15) is 49.2 Å². The van der Waals surface area contributed by atoms with Crippen molar-refractivity contribution in [1.82, 2.24) is 19.9 Å². The molecule has 12 heteroatoms. The third-order valence-corrected chi connectivity index (χ3v) is 6.00. The molecule has 12 nitrogen and oxygen atoms in total. The molecule has 0 saturated heterocycles. The molecule has 0 saturated carbocycles. The van der Waals surface area contributed by atoms with Crippen molar-refractivity contribution < 1.29 is 28.7 Å². The lowest BCUT2D eigenvalue weighted by atomic mass is 10.1. The molecule has 2 heterocycles. The molecule has 2 N–H and O–H groups in total. The van der Waals surface area contributed by atoms with Gasteiger partial charge in [0.2, 0.25) is 0 Å². The first-order valence-electron chi connectivity index (χ1n) is 13.4. The van der Waals surface area contributed by atoms with Crippen molar-refractivity contribution in [2.75, 3.05) is 13.2 Å². The molecule has 0 amide bonds. The molecule has 2 aromatic heterocycles. The van der Waals surface area contributed by atoms with Gasteiger partial charge in [-0.25, -0.2) is 19.6 Å². The van der Waals surface area contributed by atoms with Gasteiger partial charge < -0.3 is 29.1 Å². The third kappa shape index (κ3) is 9.44. The molecule has 0 atom stereocenters. The fraction of sp³-hybridized carbons (Fsp3) is 0.267. The van der Waals surface area contributed by atoms with Crippen LogP contribution in [-0.2, 0) is 32.1 Å². The minimum Gasteiger partial charge on any atom is -0.494 e. The fourth-order valence-electron chi connectivity index (χ4n) is 3.76. The van der Waals surface area contributed by atoms with E-state index >= 15 is 0 Å². The highest BCUT2D eigenvalue weighted by atomic mass is 16.7. The second kappa shape index (κ2) is 15.5. The molecule has 0 unspecified atom stereocenters. The summed E-state index contributed by atoms with van der Waals surface area (Å²) in [6.45, 7) is 4.31. The molecule has 0 spiro atoms. The lowest BCUT2D eigenvalue weighted by Gasteiger charge is -2.08. The molecule has 0 bridgehead atoms. The van der Waals surface area contributed by atoms with E-state index in [-0.39, 0.29) is 0 Å². The van der Waals surface area contributed by atoms with Gasteiger partial charge >= 0.3 is 11.9 Å². The van der Waals surface area contributed by atoms with Gasteiger partial charge in [0.1, 0.15) is 11.5 Å². The van der Waals surface area contributed by atoms with E-state index in [9.17, 15) is 9.59 Å². The maximum Gasteiger partial charge on any atom is 0.445 e. The van der Waals surface area contributed by atoms with Crippen LogP contribution in [0.25, 0.3) is 0 Å². The topological polar surface area (TPSA) is 153 Å². The lowest BCUT2D eigenvalue weighted by Crippen LogP contribution is -2.17. The SMILES string of the molecule is CC(=NOC(=O)C(=O)ON=C(C)c1cccc(OCCCc2c[nH]cn2)c1)c1cccc(OCCCc2c[nH]cn2)c1. The summed E-state index contributed by atoms with van der Waals surface area (Å²) < 4.78 is 11.6. The Morgan fingerprint density at radius 3 is 1.57 bits per heavy atom. The standard InChI is InChI=1S/C30H32N6O6/c1-21(23-7-3-11-27(15-23)39-13-5-9-25-17-31-19-33-25)35-41-29(37)30(38)42-36-22(2)24-8-4-12-28(16-24)40-14-6-10-26-18-32-20-34-26/h3-4,7-8,11-12,15-20H,5-6,9-10,13-14H2,1-2H3,(H,31,33)(H,32,34). The molecule has 2 aromatic carbocycles. The average Bonchev–Trinajstić information content (AvgIpc) is 3.74. The second-order valence-corrected chi connectivity index (χ2v) is 9.19. The molecule has 42 heavy (non-hydrogen) atoms. The van der Waals surface area contributed by atoms with Crippen LogP contribution in [0.15, 0.2) is 83.9 Å². The number of benzene rings is 2. The van der Waals surface area contributed by atoms with Crippen molar-refractivity contribution in [2.45, 2.75) is 39.5 Å². The number of oxime groups is 2. The van der Waals surface area contributed by atoms with Crippen LogP contribution in [0.5, 0.6) is 11.5 Å². The maximum absolute atomic E-state index is 12.1. The van der Waals surface area contributed by atoms with E-state index in [4.69, 9.17) is 19.1 Å². The number of carbonyl (C=O) groups is 2. The average molecular weight is 573 g/mol. The summed E-state index contributed by atoms with van der Waals surface area (Å²) in [6, 6.07) is 14.3. The van der Waals surface area contributed by atoms with Gasteiger partial charge in [-0.2, -0.15) is 0 Å². The Balaban J connectivity index is 1.21. The molecular formula is C30H32N6O6. The number of ether oxygens (including phenoxy) is 2. The minimum absolute atomic E-state index is 0.374. The first-order valence-corrected chi connectivity index (χ1v) is 13.4. The second-order valence-electron chi connectivity index (χ2n) is 9.19. The Kier molecular flexibility index (Phi) is 11.0. The quantitative estimate of drug-likeness (QED) is 0.0742. The van der Waals surface area contributed by atoms with Gasteiger partial charge in [0.05, 0.1) is 48.7 Å². The highest BCUT2D eigenvalue weighted by Gasteiger charge is 2.19. The van der Waals surface area contributed by atoms with E-state index in [2.05, 4.69) is 30.2 Å². The summed E-state index contributed by atoms with van der Waals surface area (Å²) in [4.78, 5) is 48.0. The number of aromatic nitrogens is 4. The van der Waals surface area contributed by atoms with Gasteiger partial charge in [0.15, 0.2) is 0 Å². The number of aromatic amines is 2. The van der Waals surface area contributed by atoms with Crippen molar-refractivity contribution in [1.29, 1.82) is 0 Å². The summed E-state index contributed by atoms with van der Waals surface area (Å²) >= 11 is 0. The van der Waals surface area contributed by atoms with Crippen molar-refractivity contribution in [3.63, 3.8) is 0 Å². The predicted molar refractivity (Wildman–Crippen MR) is 154 cm³/mol. The van der Waals surface area contributed by atoms with Crippen molar-refractivity contribution in [2.24, 2.45) is 10.3 Å². The van der Waals surface area contributed by atoms with Crippen LogP contribution in [0.2, 0.25) is 0 Å². The van der Waals surface area contributed by atoms with E-state index < -0.39 is 11.9 Å². The molecule has 0 aliphatic rings. The molecular weight excluding hydrogens is 540 g/mol. The Morgan fingerprint density at radius 1 is 0.714 bits per heavy atom. The first kappa shape index (κ1) is 29.7. The Bertz CT molecular complexity index is 1380. The van der Waals surface area contributed by atoms with Crippen molar-refractivity contribution >= 4 is 23.4 Å². The van der Waals surface area contributed by atoms with Gasteiger partial charge in [-0.15, -0.1) is 0 Å². The van der Waals surface area contributed by atoms with Gasteiger partial charge in [0.25, 0.3) is 0 Å². The molecule has 0 radical (unpaired) electrons. The van der Waals surface area contributed by atoms with Gasteiger partial charge in [-0.3, -0.25) is 0 Å². The molecule has 4 aromatic rings. The van der Waals surface area contributed by atoms with Crippen LogP contribution in [0.3, 0.4) is 0 Å². The number of imidazole rings is 2. The smallest absolute Gasteiger partial charge is 0.445 e. The normalized spacial score (nSPS) is 11.7. The van der Waals surface area contributed by atoms with Gasteiger partial charge in [-0.1, -0.05) is 34.6 Å². The number of nitrogens with one attached hydrogen (secondary N) is 2. The Hall–Kier alpha value is -5.26. The Labute approximate surface area is 242 Å². The van der Waals surface area contributed by atoms with E-state index in [1.807, 2.05) is 24.5 Å². The van der Waals surface area contributed by atoms with Crippen LogP contribution >= 0.6 is 0 Å². The summed E-state index contributed by atoms with van der Waals surface area (Å²) in [6.07, 6.45) is 10.2. The zero-order valence-corrected chi connectivity index (χ0v) is 23.4. The number of H-pyrrole nitrogens is 2. The number of aryl methyl sites for hydroxylation is 2. The zero-order chi connectivity index (χ0) is 29.6. The Morgan fingerprint density at radius 2 is 1.17 bits per heavy atom. The third-order valence-electron chi connectivity index (χ3n) is 6.00. The summed E-state index contributed by atoms with van der Waals surface area (Å²) in [5.74, 6) is -1.32. The van der Waals surface area contributed by atoms with Crippen molar-refractivity contribution in [3.8, 4) is 11.5 Å². The molecule has 0 aliphatic carbocycles. The predicted octanol–water partition coefficient (Wildman–Crippen LogP) is 4.39.